The molecule has 0 fully saturated rings. The average molecular weight is 394 g/mol. The molecule has 7 nitrogen and oxygen atoms in total. The molecule has 2 aromatic rings. The Hall–Kier alpha value is -3.36. The van der Waals surface area contributed by atoms with E-state index in [9.17, 15) is 13.6 Å². The van der Waals surface area contributed by atoms with Crippen LogP contribution in [0.3, 0.4) is 0 Å². The van der Waals surface area contributed by atoms with Crippen molar-refractivity contribution in [1.29, 1.82) is 0 Å². The average Bonchev–Trinajstić information content (AvgIpc) is 2.69. The Bertz CT molecular complexity index is 821. The van der Waals surface area contributed by atoms with E-state index in [2.05, 4.69) is 15.3 Å². The minimum atomic E-state index is -2.96. The fourth-order valence-corrected chi connectivity index (χ4v) is 2.24. The quantitative estimate of drug-likeness (QED) is 0.521. The molecule has 1 amide bonds. The highest BCUT2D eigenvalue weighted by Gasteiger charge is 2.12. The summed E-state index contributed by atoms with van der Waals surface area (Å²) in [5.41, 5.74) is 3.19. The summed E-state index contributed by atoms with van der Waals surface area (Å²) in [6, 6.07) is 9.04. The Morgan fingerprint density at radius 3 is 2.36 bits per heavy atom. The summed E-state index contributed by atoms with van der Waals surface area (Å²) < 4.78 is 44.8. The van der Waals surface area contributed by atoms with Crippen LogP contribution >= 0.6 is 0 Å². The van der Waals surface area contributed by atoms with Crippen LogP contribution in [0.2, 0.25) is 0 Å². The second-order valence-electron chi connectivity index (χ2n) is 5.32. The number of hydrazone groups is 1. The van der Waals surface area contributed by atoms with E-state index < -0.39 is 12.5 Å². The maximum absolute atomic E-state index is 12.4. The standard InChI is InChI=1S/C19H20F2N2O5/c1-4-27-17-7-12(5-6-16(17)28-19(20)21)11-22-23-18(24)13-8-14(25-2)10-15(9-13)26-3/h5-11,19H,4H2,1-3H3,(H,23,24)/b22-11-. The van der Waals surface area contributed by atoms with Crippen molar-refractivity contribution in [2.24, 2.45) is 5.10 Å². The first kappa shape index (κ1) is 20.9. The largest absolute Gasteiger partial charge is 0.497 e. The Labute approximate surface area is 160 Å². The van der Waals surface area contributed by atoms with Crippen LogP contribution in [0.1, 0.15) is 22.8 Å². The molecule has 0 aliphatic carbocycles. The van der Waals surface area contributed by atoms with E-state index in [-0.39, 0.29) is 18.1 Å². The third-order valence-corrected chi connectivity index (χ3v) is 3.48. The zero-order chi connectivity index (χ0) is 20.5. The van der Waals surface area contributed by atoms with Gasteiger partial charge in [0, 0.05) is 11.6 Å². The summed E-state index contributed by atoms with van der Waals surface area (Å²) in [6.07, 6.45) is 1.35. The maximum atomic E-state index is 12.4. The van der Waals surface area contributed by atoms with Crippen LogP contribution in [0.5, 0.6) is 23.0 Å². The normalized spacial score (nSPS) is 10.8. The SMILES string of the molecule is CCOc1cc(/C=N\NC(=O)c2cc(OC)cc(OC)c2)ccc1OC(F)F. The van der Waals surface area contributed by atoms with Gasteiger partial charge in [0.1, 0.15) is 11.5 Å². The maximum Gasteiger partial charge on any atom is 0.387 e. The number of benzene rings is 2. The fourth-order valence-electron chi connectivity index (χ4n) is 2.24. The lowest BCUT2D eigenvalue weighted by molar-refractivity contribution is -0.0514. The molecule has 0 aliphatic heterocycles. The van der Waals surface area contributed by atoms with E-state index in [0.29, 0.717) is 22.6 Å². The summed E-state index contributed by atoms with van der Waals surface area (Å²) in [5.74, 6) is 0.516. The van der Waals surface area contributed by atoms with Crippen LogP contribution in [0.4, 0.5) is 8.78 Å². The lowest BCUT2D eigenvalue weighted by Crippen LogP contribution is -2.17. The topological polar surface area (TPSA) is 78.4 Å². The van der Waals surface area contributed by atoms with Crippen molar-refractivity contribution in [2.45, 2.75) is 13.5 Å². The van der Waals surface area contributed by atoms with Gasteiger partial charge in [-0.2, -0.15) is 13.9 Å². The van der Waals surface area contributed by atoms with Crippen molar-refractivity contribution in [1.82, 2.24) is 5.43 Å². The Kier molecular flexibility index (Phi) is 7.55. The minimum Gasteiger partial charge on any atom is -0.497 e. The summed E-state index contributed by atoms with van der Waals surface area (Å²) in [5, 5.41) is 3.87. The molecule has 0 heterocycles. The number of carbonyl (C=O) groups excluding carboxylic acids is 1. The molecule has 0 saturated carbocycles. The van der Waals surface area contributed by atoms with Crippen molar-refractivity contribution in [3.05, 3.63) is 47.5 Å². The number of alkyl halides is 2. The zero-order valence-corrected chi connectivity index (χ0v) is 15.6. The van der Waals surface area contributed by atoms with Crippen molar-refractivity contribution < 1.29 is 32.5 Å². The van der Waals surface area contributed by atoms with Crippen LogP contribution in [0.15, 0.2) is 41.5 Å². The molecular weight excluding hydrogens is 374 g/mol. The van der Waals surface area contributed by atoms with Crippen LogP contribution in [0, 0.1) is 0 Å². The molecule has 0 saturated heterocycles. The van der Waals surface area contributed by atoms with Crippen LogP contribution in [-0.2, 0) is 0 Å². The molecule has 0 aromatic heterocycles. The molecule has 2 rings (SSSR count). The Morgan fingerprint density at radius 2 is 1.79 bits per heavy atom. The zero-order valence-electron chi connectivity index (χ0n) is 15.6. The molecule has 1 N–H and O–H groups in total. The number of rotatable bonds is 9. The highest BCUT2D eigenvalue weighted by atomic mass is 19.3. The van der Waals surface area contributed by atoms with Gasteiger partial charge in [0.25, 0.3) is 5.91 Å². The molecule has 0 unspecified atom stereocenters. The van der Waals surface area contributed by atoms with Crippen molar-refractivity contribution >= 4 is 12.1 Å². The van der Waals surface area contributed by atoms with Gasteiger partial charge in [-0.15, -0.1) is 0 Å². The summed E-state index contributed by atoms with van der Waals surface area (Å²) >= 11 is 0. The second kappa shape index (κ2) is 10.1. The minimum absolute atomic E-state index is 0.0819. The number of hydrogen-bond acceptors (Lipinski definition) is 6. The van der Waals surface area contributed by atoms with Gasteiger partial charge in [0.05, 0.1) is 27.0 Å². The fraction of sp³-hybridized carbons (Fsp3) is 0.263. The van der Waals surface area contributed by atoms with E-state index in [1.54, 1.807) is 13.0 Å². The van der Waals surface area contributed by atoms with Crippen molar-refractivity contribution in [2.75, 3.05) is 20.8 Å². The number of hydrogen-bond donors (Lipinski definition) is 1. The highest BCUT2D eigenvalue weighted by Crippen LogP contribution is 2.29. The van der Waals surface area contributed by atoms with E-state index in [4.69, 9.17) is 14.2 Å². The van der Waals surface area contributed by atoms with Gasteiger partial charge in [-0.25, -0.2) is 5.43 Å². The van der Waals surface area contributed by atoms with Gasteiger partial charge in [-0.3, -0.25) is 4.79 Å². The third kappa shape index (κ3) is 5.83. The molecule has 0 radical (unpaired) electrons. The van der Waals surface area contributed by atoms with E-state index in [1.165, 1.54) is 50.8 Å². The van der Waals surface area contributed by atoms with E-state index in [1.807, 2.05) is 0 Å². The molecule has 0 aliphatic rings. The summed E-state index contributed by atoms with van der Waals surface area (Å²) in [6.45, 7) is -0.970. The second-order valence-corrected chi connectivity index (χ2v) is 5.32. The van der Waals surface area contributed by atoms with Gasteiger partial charge < -0.3 is 18.9 Å². The predicted octanol–water partition coefficient (Wildman–Crippen LogP) is 3.47. The van der Waals surface area contributed by atoms with Crippen LogP contribution < -0.4 is 24.4 Å². The number of amides is 1. The first-order valence-electron chi connectivity index (χ1n) is 8.25. The monoisotopic (exact) mass is 394 g/mol. The molecule has 0 spiro atoms. The predicted molar refractivity (Wildman–Crippen MR) is 98.8 cm³/mol. The molecule has 2 aromatic carbocycles. The van der Waals surface area contributed by atoms with Crippen molar-refractivity contribution in [3.63, 3.8) is 0 Å². The van der Waals surface area contributed by atoms with E-state index in [0.717, 1.165) is 0 Å². The van der Waals surface area contributed by atoms with Gasteiger partial charge in [-0.05, 0) is 42.8 Å². The first-order valence-corrected chi connectivity index (χ1v) is 8.25. The summed E-state index contributed by atoms with van der Waals surface area (Å²) in [4.78, 5) is 12.3. The van der Waals surface area contributed by atoms with Crippen molar-refractivity contribution in [3.8, 4) is 23.0 Å². The number of halogens is 2. The lowest BCUT2D eigenvalue weighted by Gasteiger charge is -2.11. The van der Waals surface area contributed by atoms with Gasteiger partial charge in [0.2, 0.25) is 0 Å². The molecule has 0 bridgehead atoms. The lowest BCUT2D eigenvalue weighted by atomic mass is 10.2. The number of methoxy groups -OCH3 is 2. The van der Waals surface area contributed by atoms with Crippen LogP contribution in [0.25, 0.3) is 0 Å². The molecule has 28 heavy (non-hydrogen) atoms. The first-order chi connectivity index (χ1) is 13.5. The van der Waals surface area contributed by atoms with Gasteiger partial charge >= 0.3 is 6.61 Å². The molecular formula is C19H20F2N2O5. The highest BCUT2D eigenvalue weighted by molar-refractivity contribution is 5.95. The smallest absolute Gasteiger partial charge is 0.387 e. The summed E-state index contributed by atoms with van der Waals surface area (Å²) in [7, 11) is 2.96. The van der Waals surface area contributed by atoms with Gasteiger partial charge in [-0.1, -0.05) is 0 Å². The molecule has 9 heteroatoms. The molecule has 0 atom stereocenters. The molecule has 150 valence electrons. The van der Waals surface area contributed by atoms with Gasteiger partial charge in [0.15, 0.2) is 11.5 Å². The number of nitrogens with zero attached hydrogens (tertiary/aromatic N) is 1. The van der Waals surface area contributed by atoms with Crippen LogP contribution in [-0.4, -0.2) is 39.6 Å². The number of nitrogens with one attached hydrogen (secondary N) is 1. The Balaban J connectivity index is 2.11. The van der Waals surface area contributed by atoms with E-state index >= 15 is 0 Å². The number of carbonyl (C=O) groups is 1. The number of ether oxygens (including phenoxy) is 4. The Morgan fingerprint density at radius 1 is 1.11 bits per heavy atom. The third-order valence-electron chi connectivity index (χ3n) is 3.48.